The van der Waals surface area contributed by atoms with E-state index in [1.54, 1.807) is 19.9 Å². The van der Waals surface area contributed by atoms with Crippen LogP contribution in [0.1, 0.15) is 19.4 Å². The van der Waals surface area contributed by atoms with Gasteiger partial charge in [-0.1, -0.05) is 18.2 Å². The molecule has 0 radical (unpaired) electrons. The van der Waals surface area contributed by atoms with E-state index >= 15 is 0 Å². The minimum absolute atomic E-state index is 0.398. The molecule has 3 N–H and O–H groups in total. The van der Waals surface area contributed by atoms with Gasteiger partial charge in [-0.3, -0.25) is 4.79 Å². The molecular formula is C13H18N2O3. The molecule has 5 nitrogen and oxygen atoms in total. The van der Waals surface area contributed by atoms with Gasteiger partial charge in [0.25, 0.3) is 0 Å². The van der Waals surface area contributed by atoms with Crippen molar-refractivity contribution >= 4 is 17.7 Å². The maximum Gasteiger partial charge on any atom is 0.319 e. The van der Waals surface area contributed by atoms with Crippen LogP contribution in [0.5, 0.6) is 0 Å². The van der Waals surface area contributed by atoms with Gasteiger partial charge in [-0.15, -0.1) is 0 Å². The number of carbonyl (C=O) groups is 2. The van der Waals surface area contributed by atoms with Gasteiger partial charge in [0, 0.05) is 11.7 Å². The Balaban J connectivity index is 2.57. The highest BCUT2D eigenvalue weighted by Gasteiger charge is 2.20. The Morgan fingerprint density at radius 1 is 1.22 bits per heavy atom. The average molecular weight is 250 g/mol. The van der Waals surface area contributed by atoms with Crippen molar-refractivity contribution in [3.8, 4) is 0 Å². The number of carbonyl (C=O) groups excluding carboxylic acids is 1. The zero-order valence-electron chi connectivity index (χ0n) is 10.7. The van der Waals surface area contributed by atoms with Gasteiger partial charge >= 0.3 is 12.0 Å². The van der Waals surface area contributed by atoms with Gasteiger partial charge in [-0.25, -0.2) is 4.79 Å². The van der Waals surface area contributed by atoms with E-state index in [4.69, 9.17) is 5.11 Å². The van der Waals surface area contributed by atoms with E-state index in [0.717, 1.165) is 5.56 Å². The van der Waals surface area contributed by atoms with Crippen molar-refractivity contribution < 1.29 is 14.7 Å². The molecule has 0 spiro atoms. The summed E-state index contributed by atoms with van der Waals surface area (Å²) >= 11 is 0. The molecule has 0 aliphatic heterocycles. The first-order valence-corrected chi connectivity index (χ1v) is 5.77. The molecule has 0 saturated carbocycles. The lowest BCUT2D eigenvalue weighted by Gasteiger charge is -2.18. The van der Waals surface area contributed by atoms with Crippen LogP contribution in [0.4, 0.5) is 10.5 Å². The molecule has 2 amide bonds. The smallest absolute Gasteiger partial charge is 0.319 e. The highest BCUT2D eigenvalue weighted by atomic mass is 16.4. The van der Waals surface area contributed by atoms with Crippen molar-refractivity contribution in [2.75, 3.05) is 5.32 Å². The summed E-state index contributed by atoms with van der Waals surface area (Å²) in [6, 6.07) is 6.55. The molecule has 1 rings (SSSR count). The van der Waals surface area contributed by atoms with Crippen LogP contribution in [0.15, 0.2) is 24.3 Å². The Labute approximate surface area is 106 Å². The Morgan fingerprint density at radius 3 is 2.39 bits per heavy atom. The molecule has 1 aromatic carbocycles. The largest absolute Gasteiger partial charge is 0.481 e. The lowest BCUT2D eigenvalue weighted by Crippen LogP contribution is -2.42. The minimum Gasteiger partial charge on any atom is -0.481 e. The van der Waals surface area contributed by atoms with Gasteiger partial charge in [-0.05, 0) is 32.4 Å². The summed E-state index contributed by atoms with van der Waals surface area (Å²) in [7, 11) is 0. The van der Waals surface area contributed by atoms with Gasteiger partial charge in [0.2, 0.25) is 0 Å². The number of urea groups is 1. The van der Waals surface area contributed by atoms with Crippen LogP contribution in [-0.2, 0) is 4.79 Å². The van der Waals surface area contributed by atoms with Crippen LogP contribution in [-0.4, -0.2) is 23.1 Å². The number of amides is 2. The fourth-order valence-corrected chi connectivity index (χ4v) is 1.42. The summed E-state index contributed by atoms with van der Waals surface area (Å²) in [6.07, 6.45) is 0. The minimum atomic E-state index is -0.932. The van der Waals surface area contributed by atoms with E-state index in [1.807, 2.05) is 25.1 Å². The first-order valence-electron chi connectivity index (χ1n) is 5.77. The zero-order valence-corrected chi connectivity index (χ0v) is 10.7. The Hall–Kier alpha value is -2.04. The Kier molecular flexibility index (Phi) is 4.71. The van der Waals surface area contributed by atoms with Crippen LogP contribution in [0.2, 0.25) is 0 Å². The van der Waals surface area contributed by atoms with E-state index < -0.39 is 24.0 Å². The third-order valence-corrected chi connectivity index (χ3v) is 2.89. The van der Waals surface area contributed by atoms with E-state index in [2.05, 4.69) is 10.6 Å². The van der Waals surface area contributed by atoms with Gasteiger partial charge in [0.05, 0.1) is 5.92 Å². The van der Waals surface area contributed by atoms with Crippen molar-refractivity contribution in [3.05, 3.63) is 29.8 Å². The van der Waals surface area contributed by atoms with Crippen molar-refractivity contribution in [1.82, 2.24) is 5.32 Å². The Bertz CT molecular complexity index is 446. The summed E-state index contributed by atoms with van der Waals surface area (Å²) in [4.78, 5) is 22.4. The van der Waals surface area contributed by atoms with Crippen LogP contribution >= 0.6 is 0 Å². The predicted molar refractivity (Wildman–Crippen MR) is 69.6 cm³/mol. The topological polar surface area (TPSA) is 78.4 Å². The molecule has 5 heteroatoms. The second-order valence-electron chi connectivity index (χ2n) is 4.33. The molecule has 1 aromatic rings. The molecule has 2 unspecified atom stereocenters. The highest BCUT2D eigenvalue weighted by Crippen LogP contribution is 2.13. The summed E-state index contributed by atoms with van der Waals surface area (Å²) in [5.41, 5.74) is 1.66. The number of anilines is 1. The molecule has 0 aliphatic carbocycles. The molecule has 0 fully saturated rings. The fraction of sp³-hybridized carbons (Fsp3) is 0.385. The average Bonchev–Trinajstić information content (AvgIpc) is 2.30. The lowest BCUT2D eigenvalue weighted by atomic mass is 10.0. The van der Waals surface area contributed by atoms with E-state index in [0.29, 0.717) is 5.69 Å². The third kappa shape index (κ3) is 3.76. The number of carboxylic acids is 1. The number of aliphatic carboxylic acids is 1. The summed E-state index contributed by atoms with van der Waals surface area (Å²) in [6.45, 7) is 5.11. The van der Waals surface area contributed by atoms with E-state index in [-0.39, 0.29) is 0 Å². The van der Waals surface area contributed by atoms with Gasteiger partial charge in [0.1, 0.15) is 0 Å². The van der Waals surface area contributed by atoms with Crippen LogP contribution < -0.4 is 10.6 Å². The van der Waals surface area contributed by atoms with E-state index in [9.17, 15) is 9.59 Å². The normalized spacial score (nSPS) is 13.5. The SMILES string of the molecule is Cc1ccccc1NC(=O)NC(C)C(C)C(=O)O. The molecule has 0 aliphatic rings. The monoisotopic (exact) mass is 250 g/mol. The standard InChI is InChI=1S/C13H18N2O3/c1-8-6-4-5-7-11(8)15-13(18)14-10(3)9(2)12(16)17/h4-7,9-10H,1-3H3,(H,16,17)(H2,14,15,18). The Morgan fingerprint density at radius 2 is 1.83 bits per heavy atom. The molecular weight excluding hydrogens is 232 g/mol. The quantitative estimate of drug-likeness (QED) is 0.766. The molecule has 98 valence electrons. The van der Waals surface area contributed by atoms with E-state index in [1.165, 1.54) is 0 Å². The van der Waals surface area contributed by atoms with Crippen molar-refractivity contribution in [2.45, 2.75) is 26.8 Å². The highest BCUT2D eigenvalue weighted by molar-refractivity contribution is 5.90. The second-order valence-corrected chi connectivity index (χ2v) is 4.33. The number of benzene rings is 1. The number of rotatable bonds is 4. The number of hydrogen-bond acceptors (Lipinski definition) is 2. The van der Waals surface area contributed by atoms with Gasteiger partial charge < -0.3 is 15.7 Å². The summed E-state index contributed by atoms with van der Waals surface area (Å²) < 4.78 is 0. The molecule has 18 heavy (non-hydrogen) atoms. The number of nitrogens with one attached hydrogen (secondary N) is 2. The van der Waals surface area contributed by atoms with Gasteiger partial charge in [-0.2, -0.15) is 0 Å². The number of aryl methyl sites for hydroxylation is 1. The first kappa shape index (κ1) is 14.0. The van der Waals surface area contributed by atoms with Crippen molar-refractivity contribution in [2.24, 2.45) is 5.92 Å². The van der Waals surface area contributed by atoms with Crippen LogP contribution in [0.25, 0.3) is 0 Å². The predicted octanol–water partition coefficient (Wildman–Crippen LogP) is 2.23. The molecule has 2 atom stereocenters. The molecule has 0 aromatic heterocycles. The number of para-hydroxylation sites is 1. The molecule has 0 bridgehead atoms. The maximum atomic E-state index is 11.7. The van der Waals surface area contributed by atoms with Crippen LogP contribution in [0.3, 0.4) is 0 Å². The van der Waals surface area contributed by atoms with Gasteiger partial charge in [0.15, 0.2) is 0 Å². The third-order valence-electron chi connectivity index (χ3n) is 2.89. The number of carboxylic acid groups (broad SMARTS) is 1. The zero-order chi connectivity index (χ0) is 13.7. The van der Waals surface area contributed by atoms with Crippen molar-refractivity contribution in [3.63, 3.8) is 0 Å². The lowest BCUT2D eigenvalue weighted by molar-refractivity contribution is -0.141. The first-order chi connectivity index (χ1) is 8.41. The fourth-order valence-electron chi connectivity index (χ4n) is 1.42. The molecule has 0 saturated heterocycles. The second kappa shape index (κ2) is 6.05. The van der Waals surface area contributed by atoms with Crippen LogP contribution in [0, 0.1) is 12.8 Å². The number of hydrogen-bond donors (Lipinski definition) is 3. The van der Waals surface area contributed by atoms with Crippen molar-refractivity contribution in [1.29, 1.82) is 0 Å². The maximum absolute atomic E-state index is 11.7. The summed E-state index contributed by atoms with van der Waals surface area (Å²) in [5.74, 6) is -1.56. The summed E-state index contributed by atoms with van der Waals surface area (Å²) in [5, 5.41) is 14.1. The molecule has 0 heterocycles.